The summed E-state index contributed by atoms with van der Waals surface area (Å²) in [5.41, 5.74) is 1.61. The number of hydrogen-bond acceptors (Lipinski definition) is 4. The Labute approximate surface area is 157 Å². The molecule has 0 radical (unpaired) electrons. The molecule has 1 aliphatic rings. The van der Waals surface area contributed by atoms with E-state index in [4.69, 9.17) is 4.74 Å². The first-order valence-electron chi connectivity index (χ1n) is 8.45. The summed E-state index contributed by atoms with van der Waals surface area (Å²) in [6, 6.07) is 5.91. The second-order valence-corrected chi connectivity index (χ2v) is 6.38. The van der Waals surface area contributed by atoms with Crippen molar-refractivity contribution in [3.05, 3.63) is 65.2 Å². The number of carbonyl (C=O) groups excluding carboxylic acids is 1. The summed E-state index contributed by atoms with van der Waals surface area (Å²) in [6.07, 6.45) is -1.27. The Hall–Kier alpha value is -3.14. The Morgan fingerprint density at radius 3 is 2.61 bits per heavy atom. The van der Waals surface area contributed by atoms with Crippen LogP contribution >= 0.6 is 0 Å². The van der Waals surface area contributed by atoms with Gasteiger partial charge < -0.3 is 10.1 Å². The van der Waals surface area contributed by atoms with Crippen molar-refractivity contribution in [2.45, 2.75) is 18.8 Å². The molecule has 1 unspecified atom stereocenters. The fourth-order valence-electron chi connectivity index (χ4n) is 3.15. The van der Waals surface area contributed by atoms with Crippen LogP contribution < -0.4 is 5.32 Å². The van der Waals surface area contributed by atoms with Gasteiger partial charge in [-0.3, -0.25) is 9.48 Å². The molecule has 146 valence electrons. The fraction of sp³-hybridized carbons (Fsp3) is 0.278. The van der Waals surface area contributed by atoms with Gasteiger partial charge in [-0.1, -0.05) is 0 Å². The average Bonchev–Trinajstić information content (AvgIpc) is 3.28. The highest BCUT2D eigenvalue weighted by atomic mass is 19.4. The molecule has 7 nitrogen and oxygen atoms in total. The SMILES string of the molecule is Cn1nccc1C(=O)NC1COCc2c1cnn2-c1ccc(C(F)(F)F)cc1. The molecule has 10 heteroatoms. The van der Waals surface area contributed by atoms with E-state index in [0.717, 1.165) is 17.7 Å². The lowest BCUT2D eigenvalue weighted by Crippen LogP contribution is -2.35. The molecule has 1 N–H and O–H groups in total. The molecule has 4 rings (SSSR count). The minimum absolute atomic E-state index is 0.244. The van der Waals surface area contributed by atoms with Crippen molar-refractivity contribution in [3.63, 3.8) is 0 Å². The van der Waals surface area contributed by atoms with Gasteiger partial charge in [-0.2, -0.15) is 23.4 Å². The smallest absolute Gasteiger partial charge is 0.373 e. The van der Waals surface area contributed by atoms with Crippen molar-refractivity contribution in [2.24, 2.45) is 7.05 Å². The molecular weight excluding hydrogens is 375 g/mol. The van der Waals surface area contributed by atoms with E-state index in [1.54, 1.807) is 19.3 Å². The lowest BCUT2D eigenvalue weighted by Gasteiger charge is -2.24. The van der Waals surface area contributed by atoms with Crippen LogP contribution in [0, 0.1) is 0 Å². The number of benzene rings is 1. The van der Waals surface area contributed by atoms with Crippen molar-refractivity contribution in [3.8, 4) is 5.69 Å². The van der Waals surface area contributed by atoms with Crippen LogP contribution in [0.15, 0.2) is 42.7 Å². The highest BCUT2D eigenvalue weighted by Crippen LogP contribution is 2.31. The Morgan fingerprint density at radius 1 is 1.21 bits per heavy atom. The van der Waals surface area contributed by atoms with Crippen LogP contribution in [-0.4, -0.2) is 32.1 Å². The van der Waals surface area contributed by atoms with E-state index in [1.165, 1.54) is 27.7 Å². The van der Waals surface area contributed by atoms with Gasteiger partial charge in [0.05, 0.1) is 42.4 Å². The number of halogens is 3. The first-order valence-corrected chi connectivity index (χ1v) is 8.45. The van der Waals surface area contributed by atoms with Gasteiger partial charge in [-0.15, -0.1) is 0 Å². The topological polar surface area (TPSA) is 74.0 Å². The lowest BCUT2D eigenvalue weighted by atomic mass is 10.1. The first kappa shape index (κ1) is 18.2. The summed E-state index contributed by atoms with van der Waals surface area (Å²) in [6.45, 7) is 0.518. The predicted octanol–water partition coefficient (Wildman–Crippen LogP) is 2.63. The van der Waals surface area contributed by atoms with E-state index in [0.29, 0.717) is 17.1 Å². The van der Waals surface area contributed by atoms with Crippen molar-refractivity contribution in [2.75, 3.05) is 6.61 Å². The highest BCUT2D eigenvalue weighted by Gasteiger charge is 2.31. The summed E-state index contributed by atoms with van der Waals surface area (Å²) < 4.78 is 46.9. The molecule has 0 saturated carbocycles. The Kier molecular flexibility index (Phi) is 4.42. The number of nitrogens with zero attached hydrogens (tertiary/aromatic N) is 4. The molecule has 0 fully saturated rings. The maximum atomic E-state index is 12.8. The average molecular weight is 391 g/mol. The number of aromatic nitrogens is 4. The van der Waals surface area contributed by atoms with E-state index in [-0.39, 0.29) is 19.1 Å². The quantitative estimate of drug-likeness (QED) is 0.745. The minimum Gasteiger partial charge on any atom is -0.373 e. The van der Waals surface area contributed by atoms with E-state index in [9.17, 15) is 18.0 Å². The number of fused-ring (bicyclic) bond motifs is 1. The molecular formula is C18H16F3N5O2. The van der Waals surface area contributed by atoms with Crippen molar-refractivity contribution >= 4 is 5.91 Å². The Bertz CT molecular complexity index is 1010. The standard InChI is InChI=1S/C18H16F3N5O2/c1-25-15(6-7-22-25)17(27)24-14-9-28-10-16-13(14)8-23-26(16)12-4-2-11(3-5-12)18(19,20)21/h2-8,14H,9-10H2,1H3,(H,24,27). The molecule has 3 heterocycles. The van der Waals surface area contributed by atoms with Crippen molar-refractivity contribution in [1.29, 1.82) is 0 Å². The molecule has 0 aliphatic carbocycles. The molecule has 1 aliphatic heterocycles. The van der Waals surface area contributed by atoms with Crippen LogP contribution in [0.3, 0.4) is 0 Å². The number of carbonyl (C=O) groups is 1. The summed E-state index contributed by atoms with van der Waals surface area (Å²) in [4.78, 5) is 12.5. The summed E-state index contributed by atoms with van der Waals surface area (Å²) in [5.74, 6) is -0.302. The van der Waals surface area contributed by atoms with Crippen LogP contribution in [0.4, 0.5) is 13.2 Å². The number of rotatable bonds is 3. The van der Waals surface area contributed by atoms with E-state index in [2.05, 4.69) is 15.5 Å². The van der Waals surface area contributed by atoms with Gasteiger partial charge in [0.1, 0.15) is 5.69 Å². The fourth-order valence-corrected chi connectivity index (χ4v) is 3.15. The van der Waals surface area contributed by atoms with Gasteiger partial charge >= 0.3 is 6.18 Å². The van der Waals surface area contributed by atoms with Gasteiger partial charge in [0.25, 0.3) is 5.91 Å². The predicted molar refractivity (Wildman–Crippen MR) is 91.6 cm³/mol. The second-order valence-electron chi connectivity index (χ2n) is 6.38. The number of ether oxygens (including phenoxy) is 1. The van der Waals surface area contributed by atoms with Crippen molar-refractivity contribution < 1.29 is 22.7 Å². The first-order chi connectivity index (χ1) is 13.3. The van der Waals surface area contributed by atoms with Gasteiger partial charge in [0.15, 0.2) is 0 Å². The third-order valence-electron chi connectivity index (χ3n) is 4.60. The van der Waals surface area contributed by atoms with E-state index >= 15 is 0 Å². The monoisotopic (exact) mass is 391 g/mol. The lowest BCUT2D eigenvalue weighted by molar-refractivity contribution is -0.137. The van der Waals surface area contributed by atoms with Crippen molar-refractivity contribution in [1.82, 2.24) is 24.9 Å². The molecule has 2 aromatic heterocycles. The van der Waals surface area contributed by atoms with Crippen LogP contribution in [0.2, 0.25) is 0 Å². The van der Waals surface area contributed by atoms with E-state index in [1.807, 2.05) is 0 Å². The molecule has 1 aromatic carbocycles. The number of amides is 1. The molecule has 1 atom stereocenters. The van der Waals surface area contributed by atoms with E-state index < -0.39 is 17.8 Å². The third kappa shape index (κ3) is 3.26. The molecule has 0 saturated heterocycles. The molecule has 0 bridgehead atoms. The molecule has 1 amide bonds. The Morgan fingerprint density at radius 2 is 1.96 bits per heavy atom. The maximum Gasteiger partial charge on any atom is 0.416 e. The summed E-state index contributed by atoms with van der Waals surface area (Å²) in [5, 5.41) is 11.1. The molecule has 28 heavy (non-hydrogen) atoms. The van der Waals surface area contributed by atoms with Crippen LogP contribution in [0.1, 0.15) is 33.4 Å². The second kappa shape index (κ2) is 6.79. The van der Waals surface area contributed by atoms with Crippen LogP contribution in [0.25, 0.3) is 5.69 Å². The number of alkyl halides is 3. The third-order valence-corrected chi connectivity index (χ3v) is 4.60. The van der Waals surface area contributed by atoms with Gasteiger partial charge in [0, 0.05) is 18.8 Å². The van der Waals surface area contributed by atoms with Crippen LogP contribution in [-0.2, 0) is 24.6 Å². The summed E-state index contributed by atoms with van der Waals surface area (Å²) in [7, 11) is 1.67. The zero-order valence-electron chi connectivity index (χ0n) is 14.8. The number of aryl methyl sites for hydroxylation is 1. The normalized spacial score (nSPS) is 16.6. The largest absolute Gasteiger partial charge is 0.416 e. The van der Waals surface area contributed by atoms with Gasteiger partial charge in [0.2, 0.25) is 0 Å². The van der Waals surface area contributed by atoms with Crippen LogP contribution in [0.5, 0.6) is 0 Å². The van der Waals surface area contributed by atoms with Gasteiger partial charge in [-0.25, -0.2) is 4.68 Å². The molecule has 0 spiro atoms. The Balaban J connectivity index is 1.59. The summed E-state index contributed by atoms with van der Waals surface area (Å²) >= 11 is 0. The zero-order chi connectivity index (χ0) is 19.9. The number of hydrogen-bond donors (Lipinski definition) is 1. The number of nitrogens with one attached hydrogen (secondary N) is 1. The van der Waals surface area contributed by atoms with Gasteiger partial charge in [-0.05, 0) is 30.3 Å². The zero-order valence-corrected chi connectivity index (χ0v) is 14.8. The minimum atomic E-state index is -4.40. The maximum absolute atomic E-state index is 12.8. The molecule has 3 aromatic rings. The highest BCUT2D eigenvalue weighted by molar-refractivity contribution is 5.92.